The highest BCUT2D eigenvalue weighted by molar-refractivity contribution is 8.18. The second kappa shape index (κ2) is 6.96. The van der Waals surface area contributed by atoms with Crippen molar-refractivity contribution in [1.82, 2.24) is 4.90 Å². The average molecular weight is 386 g/mol. The highest BCUT2D eigenvalue weighted by Gasteiger charge is 2.35. The Morgan fingerprint density at radius 1 is 1.19 bits per heavy atom. The fourth-order valence-electron chi connectivity index (χ4n) is 2.74. The third-order valence-corrected chi connectivity index (χ3v) is 5.10. The van der Waals surface area contributed by atoms with E-state index in [1.807, 2.05) is 6.92 Å². The van der Waals surface area contributed by atoms with Gasteiger partial charge in [0.2, 0.25) is 6.79 Å². The van der Waals surface area contributed by atoms with Gasteiger partial charge in [-0.25, -0.2) is 4.39 Å². The number of aryl methyl sites for hydroxylation is 1. The minimum absolute atomic E-state index is 0.0343. The van der Waals surface area contributed by atoms with Crippen molar-refractivity contribution in [2.75, 3.05) is 18.8 Å². The monoisotopic (exact) mass is 386 g/mol. The Hall–Kier alpha value is -3.00. The number of imide groups is 1. The summed E-state index contributed by atoms with van der Waals surface area (Å²) in [5.41, 5.74) is 2.09. The summed E-state index contributed by atoms with van der Waals surface area (Å²) in [6.45, 7) is 1.95. The lowest BCUT2D eigenvalue weighted by Gasteiger charge is -2.16. The normalized spacial score (nSPS) is 17.1. The van der Waals surface area contributed by atoms with Gasteiger partial charge < -0.3 is 14.8 Å². The summed E-state index contributed by atoms with van der Waals surface area (Å²) in [6.07, 6.45) is 1.64. The molecule has 0 aromatic heterocycles. The first-order valence-corrected chi connectivity index (χ1v) is 8.98. The Morgan fingerprint density at radius 2 is 2.00 bits per heavy atom. The second-order valence-electron chi connectivity index (χ2n) is 6.02. The number of benzene rings is 2. The van der Waals surface area contributed by atoms with Crippen molar-refractivity contribution in [2.24, 2.45) is 0 Å². The predicted molar refractivity (Wildman–Crippen MR) is 100 cm³/mol. The van der Waals surface area contributed by atoms with Crippen LogP contribution in [-0.2, 0) is 4.79 Å². The molecule has 1 N–H and O–H groups in total. The fraction of sp³-hybridized carbons (Fsp3) is 0.158. The van der Waals surface area contributed by atoms with Crippen LogP contribution < -0.4 is 14.8 Å². The van der Waals surface area contributed by atoms with Crippen molar-refractivity contribution in [3.8, 4) is 11.5 Å². The van der Waals surface area contributed by atoms with E-state index in [1.54, 1.807) is 30.3 Å². The van der Waals surface area contributed by atoms with E-state index in [-0.39, 0.29) is 24.5 Å². The van der Waals surface area contributed by atoms with Crippen LogP contribution in [0.25, 0.3) is 6.08 Å². The number of carbonyl (C=O) groups is 2. The molecule has 2 aliphatic rings. The van der Waals surface area contributed by atoms with Crippen molar-refractivity contribution in [3.63, 3.8) is 0 Å². The number of hydrogen-bond donors (Lipinski definition) is 1. The Kier molecular flexibility index (Phi) is 4.49. The Labute approximate surface area is 158 Å². The molecular formula is C19H15FN2O4S. The van der Waals surface area contributed by atoms with E-state index in [9.17, 15) is 14.0 Å². The molecule has 1 fully saturated rings. The summed E-state index contributed by atoms with van der Waals surface area (Å²) in [5.74, 6) is 0.463. The molecule has 8 heteroatoms. The Balaban J connectivity index is 1.49. The first-order chi connectivity index (χ1) is 13.0. The molecule has 2 amide bonds. The van der Waals surface area contributed by atoms with Gasteiger partial charge in [0.15, 0.2) is 11.5 Å². The molecule has 0 saturated carbocycles. The van der Waals surface area contributed by atoms with Crippen molar-refractivity contribution in [2.45, 2.75) is 6.92 Å². The highest BCUT2D eigenvalue weighted by Crippen LogP contribution is 2.36. The van der Waals surface area contributed by atoms with E-state index in [2.05, 4.69) is 5.32 Å². The largest absolute Gasteiger partial charge is 0.454 e. The van der Waals surface area contributed by atoms with Gasteiger partial charge in [0.05, 0.1) is 11.6 Å². The number of nitrogens with one attached hydrogen (secondary N) is 1. The van der Waals surface area contributed by atoms with Crippen LogP contribution in [0.5, 0.6) is 11.5 Å². The maximum atomic E-state index is 13.4. The van der Waals surface area contributed by atoms with Crippen LogP contribution in [-0.4, -0.2) is 29.5 Å². The number of thioether (sulfide) groups is 1. The van der Waals surface area contributed by atoms with E-state index in [1.165, 1.54) is 12.1 Å². The van der Waals surface area contributed by atoms with Crippen molar-refractivity contribution < 1.29 is 23.5 Å². The maximum absolute atomic E-state index is 13.4. The number of anilines is 1. The summed E-state index contributed by atoms with van der Waals surface area (Å²) in [5, 5.41) is 2.56. The molecular weight excluding hydrogens is 371 g/mol. The lowest BCUT2D eigenvalue weighted by molar-refractivity contribution is -0.122. The molecule has 2 aromatic rings. The SMILES string of the molecule is Cc1ccc(F)cc1NCN1C(=O)SC(=Cc2ccc3c(c2)OCO3)C1=O. The average Bonchev–Trinajstić information content (AvgIpc) is 3.21. The number of rotatable bonds is 4. The molecule has 6 nitrogen and oxygen atoms in total. The van der Waals surface area contributed by atoms with Gasteiger partial charge in [-0.1, -0.05) is 12.1 Å². The van der Waals surface area contributed by atoms with Gasteiger partial charge in [-0.3, -0.25) is 14.5 Å². The highest BCUT2D eigenvalue weighted by atomic mass is 32.2. The summed E-state index contributed by atoms with van der Waals surface area (Å²) in [7, 11) is 0. The molecule has 1 saturated heterocycles. The summed E-state index contributed by atoms with van der Waals surface area (Å²) >= 11 is 0.865. The number of nitrogens with zero attached hydrogens (tertiary/aromatic N) is 1. The van der Waals surface area contributed by atoms with Gasteiger partial charge >= 0.3 is 0 Å². The minimum Gasteiger partial charge on any atom is -0.454 e. The molecule has 138 valence electrons. The molecule has 2 aromatic carbocycles. The Bertz CT molecular complexity index is 976. The summed E-state index contributed by atoms with van der Waals surface area (Å²) in [6, 6.07) is 9.61. The lowest BCUT2D eigenvalue weighted by Crippen LogP contribution is -2.33. The zero-order valence-electron chi connectivity index (χ0n) is 14.3. The lowest BCUT2D eigenvalue weighted by atomic mass is 10.2. The first-order valence-electron chi connectivity index (χ1n) is 8.16. The van der Waals surface area contributed by atoms with Crippen molar-refractivity contribution in [3.05, 3.63) is 58.2 Å². The zero-order chi connectivity index (χ0) is 19.0. The van der Waals surface area contributed by atoms with Gasteiger partial charge in [-0.2, -0.15) is 0 Å². The van der Waals surface area contributed by atoms with Crippen LogP contribution in [0, 0.1) is 12.7 Å². The molecule has 4 rings (SSSR count). The van der Waals surface area contributed by atoms with Crippen LogP contribution in [0.2, 0.25) is 0 Å². The molecule has 0 aliphatic carbocycles. The second-order valence-corrected chi connectivity index (χ2v) is 7.01. The van der Waals surface area contributed by atoms with Crippen LogP contribution in [0.3, 0.4) is 0 Å². The van der Waals surface area contributed by atoms with E-state index in [0.29, 0.717) is 22.1 Å². The smallest absolute Gasteiger partial charge is 0.295 e. The number of halogens is 1. The van der Waals surface area contributed by atoms with Crippen LogP contribution in [0.1, 0.15) is 11.1 Å². The quantitative estimate of drug-likeness (QED) is 0.802. The molecule has 0 atom stereocenters. The molecule has 0 radical (unpaired) electrons. The minimum atomic E-state index is -0.399. The fourth-order valence-corrected chi connectivity index (χ4v) is 3.58. The topological polar surface area (TPSA) is 67.9 Å². The van der Waals surface area contributed by atoms with Gasteiger partial charge in [-0.05, 0) is 60.2 Å². The van der Waals surface area contributed by atoms with Crippen molar-refractivity contribution >= 4 is 34.7 Å². The van der Waals surface area contributed by atoms with E-state index < -0.39 is 5.91 Å². The molecule has 2 heterocycles. The van der Waals surface area contributed by atoms with Gasteiger partial charge in [0, 0.05) is 5.69 Å². The zero-order valence-corrected chi connectivity index (χ0v) is 15.1. The molecule has 0 bridgehead atoms. The van der Waals surface area contributed by atoms with E-state index >= 15 is 0 Å². The van der Waals surface area contributed by atoms with E-state index in [0.717, 1.165) is 27.8 Å². The number of fused-ring (bicyclic) bond motifs is 1. The van der Waals surface area contributed by atoms with Crippen molar-refractivity contribution in [1.29, 1.82) is 0 Å². The standard InChI is InChI=1S/C19H15FN2O4S/c1-11-2-4-13(20)8-14(11)21-9-22-18(23)17(27-19(22)24)7-12-3-5-15-16(6-12)26-10-25-15/h2-8,21H,9-10H2,1H3. The Morgan fingerprint density at radius 3 is 2.85 bits per heavy atom. The van der Waals surface area contributed by atoms with Gasteiger partial charge in [0.1, 0.15) is 5.82 Å². The van der Waals surface area contributed by atoms with Gasteiger partial charge in [0.25, 0.3) is 11.1 Å². The first kappa shape index (κ1) is 17.4. The molecule has 0 spiro atoms. The van der Waals surface area contributed by atoms with Crippen LogP contribution in [0.15, 0.2) is 41.3 Å². The van der Waals surface area contributed by atoms with E-state index in [4.69, 9.17) is 9.47 Å². The molecule has 0 unspecified atom stereocenters. The number of ether oxygens (including phenoxy) is 2. The molecule has 2 aliphatic heterocycles. The number of amides is 2. The van der Waals surface area contributed by atoms with Gasteiger partial charge in [-0.15, -0.1) is 0 Å². The predicted octanol–water partition coefficient (Wildman–Crippen LogP) is 3.97. The summed E-state index contributed by atoms with van der Waals surface area (Å²) in [4.78, 5) is 26.2. The maximum Gasteiger partial charge on any atom is 0.295 e. The third-order valence-electron chi connectivity index (χ3n) is 4.20. The number of carbonyl (C=O) groups excluding carboxylic acids is 2. The third kappa shape index (κ3) is 3.48. The number of hydrogen-bond acceptors (Lipinski definition) is 6. The van der Waals surface area contributed by atoms with Crippen LogP contribution >= 0.6 is 11.8 Å². The molecule has 27 heavy (non-hydrogen) atoms. The summed E-state index contributed by atoms with van der Waals surface area (Å²) < 4.78 is 24.0. The van der Waals surface area contributed by atoms with Crippen LogP contribution in [0.4, 0.5) is 14.9 Å².